The number of amides is 1. The minimum atomic E-state index is 0. The quantitative estimate of drug-likeness (QED) is 0.301. The molecule has 32 heavy (non-hydrogen) atoms. The van der Waals surface area contributed by atoms with E-state index in [9.17, 15) is 4.79 Å². The van der Waals surface area contributed by atoms with E-state index in [4.69, 9.17) is 0 Å². The second-order valence-corrected chi connectivity index (χ2v) is 8.33. The number of carbonyl (C=O) groups excluding carboxylic acids is 1. The summed E-state index contributed by atoms with van der Waals surface area (Å²) in [6.45, 7) is 5.42. The van der Waals surface area contributed by atoms with E-state index in [1.54, 1.807) is 11.9 Å². The van der Waals surface area contributed by atoms with Crippen molar-refractivity contribution in [3.05, 3.63) is 71.8 Å². The van der Waals surface area contributed by atoms with E-state index in [1.165, 1.54) is 5.56 Å². The molecule has 2 unspecified atom stereocenters. The van der Waals surface area contributed by atoms with Crippen molar-refractivity contribution >= 4 is 35.8 Å². The van der Waals surface area contributed by atoms with Crippen LogP contribution in [0.5, 0.6) is 0 Å². The highest BCUT2D eigenvalue weighted by molar-refractivity contribution is 14.0. The second kappa shape index (κ2) is 13.4. The van der Waals surface area contributed by atoms with Gasteiger partial charge in [-0.05, 0) is 24.5 Å². The minimum Gasteiger partial charge on any atom is -0.356 e. The molecule has 2 atom stereocenters. The molecular weight excluding hydrogens is 513 g/mol. The molecule has 1 saturated heterocycles. The number of nitrogens with zero attached hydrogens (tertiary/aromatic N) is 3. The fraction of sp³-hybridized carbons (Fsp3) is 0.440. The first kappa shape index (κ1) is 26.1. The zero-order chi connectivity index (χ0) is 22.1. The van der Waals surface area contributed by atoms with Crippen molar-refractivity contribution in [2.75, 3.05) is 27.2 Å². The zero-order valence-corrected chi connectivity index (χ0v) is 21.7. The number of benzene rings is 2. The van der Waals surface area contributed by atoms with Crippen molar-refractivity contribution in [1.29, 1.82) is 0 Å². The van der Waals surface area contributed by atoms with Crippen molar-refractivity contribution in [3.8, 4) is 0 Å². The first-order valence-corrected chi connectivity index (χ1v) is 11.1. The Labute approximate surface area is 209 Å². The molecule has 1 fully saturated rings. The smallest absolute Gasteiger partial charge is 0.224 e. The topological polar surface area (TPSA) is 60.0 Å². The maximum absolute atomic E-state index is 12.4. The van der Waals surface area contributed by atoms with Crippen LogP contribution in [0.2, 0.25) is 0 Å². The van der Waals surface area contributed by atoms with Gasteiger partial charge in [-0.3, -0.25) is 14.7 Å². The molecular formula is C25H36IN5O. The average Bonchev–Trinajstić information content (AvgIpc) is 3.12. The molecule has 0 bridgehead atoms. The van der Waals surface area contributed by atoms with Crippen molar-refractivity contribution in [1.82, 2.24) is 20.4 Å². The first-order valence-electron chi connectivity index (χ1n) is 11.1. The molecule has 0 aliphatic carbocycles. The maximum atomic E-state index is 12.4. The van der Waals surface area contributed by atoms with Crippen LogP contribution in [0.1, 0.15) is 30.9 Å². The van der Waals surface area contributed by atoms with Gasteiger partial charge in [0.1, 0.15) is 0 Å². The molecule has 7 heteroatoms. The number of aliphatic imine (C=N–C) groups is 1. The Morgan fingerprint density at radius 2 is 1.72 bits per heavy atom. The average molecular weight is 550 g/mol. The number of carbonyl (C=O) groups is 1. The van der Waals surface area contributed by atoms with E-state index >= 15 is 0 Å². The van der Waals surface area contributed by atoms with E-state index < -0.39 is 0 Å². The van der Waals surface area contributed by atoms with Crippen LogP contribution in [-0.4, -0.2) is 60.9 Å². The van der Waals surface area contributed by atoms with Crippen molar-refractivity contribution in [2.24, 2.45) is 4.99 Å². The second-order valence-electron chi connectivity index (χ2n) is 8.33. The highest BCUT2D eigenvalue weighted by atomic mass is 127. The van der Waals surface area contributed by atoms with Crippen molar-refractivity contribution in [2.45, 2.75) is 44.9 Å². The lowest BCUT2D eigenvalue weighted by Crippen LogP contribution is -2.45. The fourth-order valence-electron chi connectivity index (χ4n) is 4.05. The van der Waals surface area contributed by atoms with Gasteiger partial charge in [0.25, 0.3) is 0 Å². The van der Waals surface area contributed by atoms with E-state index in [-0.39, 0.29) is 29.9 Å². The Hall–Kier alpha value is -2.13. The minimum absolute atomic E-state index is 0. The Balaban J connectivity index is 0.00000363. The molecule has 2 aromatic rings. The molecule has 0 aromatic heterocycles. The zero-order valence-electron chi connectivity index (χ0n) is 19.3. The van der Waals surface area contributed by atoms with Gasteiger partial charge >= 0.3 is 0 Å². The number of halogens is 1. The van der Waals surface area contributed by atoms with Gasteiger partial charge in [0.05, 0.1) is 0 Å². The molecule has 2 N–H and O–H groups in total. The number of guanidine groups is 1. The molecule has 0 radical (unpaired) electrons. The monoisotopic (exact) mass is 549 g/mol. The summed E-state index contributed by atoms with van der Waals surface area (Å²) in [5.74, 6) is 0.882. The van der Waals surface area contributed by atoms with Crippen LogP contribution in [0.3, 0.4) is 0 Å². The van der Waals surface area contributed by atoms with Crippen LogP contribution in [0.4, 0.5) is 0 Å². The van der Waals surface area contributed by atoms with Crippen molar-refractivity contribution < 1.29 is 4.79 Å². The van der Waals surface area contributed by atoms with Gasteiger partial charge in [0.2, 0.25) is 5.91 Å². The lowest BCUT2D eigenvalue weighted by molar-refractivity contribution is -0.130. The van der Waals surface area contributed by atoms with Crippen LogP contribution in [0, 0.1) is 0 Å². The lowest BCUT2D eigenvalue weighted by Gasteiger charge is -2.21. The maximum Gasteiger partial charge on any atom is 0.224 e. The van der Waals surface area contributed by atoms with Gasteiger partial charge in [0, 0.05) is 58.8 Å². The molecule has 0 saturated carbocycles. The predicted octanol–water partition coefficient (Wildman–Crippen LogP) is 3.48. The van der Waals surface area contributed by atoms with Crippen molar-refractivity contribution in [3.63, 3.8) is 0 Å². The Bertz CT molecular complexity index is 846. The van der Waals surface area contributed by atoms with Crippen LogP contribution in [0.15, 0.2) is 65.7 Å². The van der Waals surface area contributed by atoms with Gasteiger partial charge in [-0.15, -0.1) is 24.0 Å². The Morgan fingerprint density at radius 1 is 1.09 bits per heavy atom. The molecule has 1 aliphatic heterocycles. The molecule has 1 aliphatic rings. The van der Waals surface area contributed by atoms with Gasteiger partial charge in [-0.1, -0.05) is 60.7 Å². The lowest BCUT2D eigenvalue weighted by atomic mass is 10.2. The third-order valence-corrected chi connectivity index (χ3v) is 5.82. The third-order valence-electron chi connectivity index (χ3n) is 5.82. The van der Waals surface area contributed by atoms with Crippen LogP contribution in [-0.2, 0) is 17.9 Å². The summed E-state index contributed by atoms with van der Waals surface area (Å²) >= 11 is 0. The van der Waals surface area contributed by atoms with E-state index in [0.717, 1.165) is 31.0 Å². The summed E-state index contributed by atoms with van der Waals surface area (Å²) in [6, 6.07) is 21.5. The molecule has 0 spiro atoms. The van der Waals surface area contributed by atoms with Gasteiger partial charge in [-0.25, -0.2) is 0 Å². The summed E-state index contributed by atoms with van der Waals surface area (Å²) in [5, 5.41) is 6.83. The van der Waals surface area contributed by atoms with Crippen LogP contribution in [0.25, 0.3) is 0 Å². The summed E-state index contributed by atoms with van der Waals surface area (Å²) in [7, 11) is 3.63. The van der Waals surface area contributed by atoms with E-state index in [2.05, 4.69) is 57.8 Å². The molecule has 3 rings (SSSR count). The fourth-order valence-corrected chi connectivity index (χ4v) is 4.05. The Kier molecular flexibility index (Phi) is 11.0. The molecule has 6 nitrogen and oxygen atoms in total. The molecule has 174 valence electrons. The molecule has 2 aromatic carbocycles. The normalized spacial score (nSPS) is 18.7. The van der Waals surface area contributed by atoms with Crippen LogP contribution < -0.4 is 10.6 Å². The summed E-state index contributed by atoms with van der Waals surface area (Å²) < 4.78 is 0. The first-order chi connectivity index (χ1) is 15.0. The van der Waals surface area contributed by atoms with Crippen LogP contribution >= 0.6 is 24.0 Å². The summed E-state index contributed by atoms with van der Waals surface area (Å²) in [5.41, 5.74) is 2.48. The Morgan fingerprint density at radius 3 is 2.34 bits per heavy atom. The van der Waals surface area contributed by atoms with E-state index in [0.29, 0.717) is 31.6 Å². The predicted molar refractivity (Wildman–Crippen MR) is 142 cm³/mol. The van der Waals surface area contributed by atoms with Gasteiger partial charge in [-0.2, -0.15) is 0 Å². The van der Waals surface area contributed by atoms with Gasteiger partial charge in [0.15, 0.2) is 5.96 Å². The largest absolute Gasteiger partial charge is 0.356 e. The third kappa shape index (κ3) is 8.09. The molecule has 1 amide bonds. The number of hydrogen-bond donors (Lipinski definition) is 2. The highest BCUT2D eigenvalue weighted by Gasteiger charge is 2.29. The number of likely N-dealkylation sites (tertiary alicyclic amines) is 1. The number of nitrogens with one attached hydrogen (secondary N) is 2. The molecule has 1 heterocycles. The highest BCUT2D eigenvalue weighted by Crippen LogP contribution is 2.20. The van der Waals surface area contributed by atoms with Gasteiger partial charge < -0.3 is 15.5 Å². The summed E-state index contributed by atoms with van der Waals surface area (Å²) in [6.07, 6.45) is 1.51. The summed E-state index contributed by atoms with van der Waals surface area (Å²) in [4.78, 5) is 21.1. The number of hydrogen-bond acceptors (Lipinski definition) is 3. The standard InChI is InChI=1S/C25H35N5O.HI/c1-20-16-23(19-30(20)18-22-12-8-5-9-13-22)28-25(26-2)27-15-14-24(31)29(3)17-21-10-6-4-7-11-21;/h4-13,20,23H,14-19H2,1-3H3,(H2,26,27,28);1H. The number of rotatable bonds is 8. The SMILES string of the molecule is CN=C(NCCC(=O)N(C)Cc1ccccc1)NC1CC(C)N(Cc2ccccc2)C1.I. The van der Waals surface area contributed by atoms with E-state index in [1.807, 2.05) is 37.4 Å².